The number of hydrogen-bond donors (Lipinski definition) is 1. The van der Waals surface area contributed by atoms with Gasteiger partial charge in [0.1, 0.15) is 0 Å². The molecule has 0 unspecified atom stereocenters. The fourth-order valence-electron chi connectivity index (χ4n) is 2.45. The highest BCUT2D eigenvalue weighted by atomic mass is 32.2. The average Bonchev–Trinajstić information content (AvgIpc) is 3.25. The van der Waals surface area contributed by atoms with E-state index in [1.807, 2.05) is 23.1 Å². The monoisotopic (exact) mass is 404 g/mol. The number of aryl methyl sites for hydroxylation is 1. The molecule has 1 amide bonds. The Morgan fingerprint density at radius 3 is 2.62 bits per heavy atom. The van der Waals surface area contributed by atoms with E-state index in [2.05, 4.69) is 41.4 Å². The smallest absolute Gasteiger partial charge is 0.233 e. The first-order valence-corrected chi connectivity index (χ1v) is 10.8. The van der Waals surface area contributed by atoms with E-state index in [0.717, 1.165) is 10.8 Å². The van der Waals surface area contributed by atoms with Crippen molar-refractivity contribution in [1.82, 2.24) is 15.1 Å². The molecule has 0 bridgehead atoms. The molecule has 0 saturated carbocycles. The Labute approximate surface area is 165 Å². The lowest BCUT2D eigenvalue weighted by atomic mass is 10.1. The fraction of sp³-hybridized carbons (Fsp3) is 0.278. The lowest BCUT2D eigenvalue weighted by Gasteiger charge is -2.22. The van der Waals surface area contributed by atoms with E-state index in [1.54, 1.807) is 11.3 Å². The van der Waals surface area contributed by atoms with Crippen LogP contribution in [0.3, 0.4) is 0 Å². The van der Waals surface area contributed by atoms with E-state index in [-0.39, 0.29) is 5.91 Å². The number of carbonyl (C=O) groups excluding carboxylic acids is 1. The molecule has 3 aromatic rings. The molecular formula is C18H20N4OS3. The Bertz CT molecular complexity index is 847. The summed E-state index contributed by atoms with van der Waals surface area (Å²) in [6, 6.07) is 14.4. The van der Waals surface area contributed by atoms with Crippen LogP contribution in [-0.2, 0) is 17.8 Å². The maximum atomic E-state index is 12.8. The topological polar surface area (TPSA) is 72.1 Å². The average molecular weight is 405 g/mol. The second-order valence-corrected chi connectivity index (χ2v) is 9.36. The second-order valence-electron chi connectivity index (χ2n) is 5.76. The third kappa shape index (κ3) is 5.55. The van der Waals surface area contributed by atoms with Gasteiger partial charge in [0.15, 0.2) is 4.34 Å². The minimum absolute atomic E-state index is 0.103. The molecule has 5 nitrogen and oxygen atoms in total. The number of amides is 1. The van der Waals surface area contributed by atoms with Crippen LogP contribution >= 0.6 is 34.4 Å². The van der Waals surface area contributed by atoms with Gasteiger partial charge in [0.05, 0.1) is 12.3 Å². The number of hydrogen-bond acceptors (Lipinski definition) is 7. The van der Waals surface area contributed by atoms with Gasteiger partial charge in [-0.3, -0.25) is 4.79 Å². The van der Waals surface area contributed by atoms with Crippen LogP contribution < -0.4 is 5.73 Å². The summed E-state index contributed by atoms with van der Waals surface area (Å²) in [6.45, 7) is 3.42. The van der Waals surface area contributed by atoms with Crippen LogP contribution in [0.1, 0.15) is 15.3 Å². The molecule has 0 aliphatic heterocycles. The summed E-state index contributed by atoms with van der Waals surface area (Å²) in [6.07, 6.45) is 0.841. The van der Waals surface area contributed by atoms with Crippen LogP contribution in [0, 0.1) is 6.92 Å². The zero-order chi connectivity index (χ0) is 18.4. The minimum atomic E-state index is 0.103. The van der Waals surface area contributed by atoms with E-state index in [0.29, 0.717) is 24.0 Å². The molecule has 2 heterocycles. The predicted molar refractivity (Wildman–Crippen MR) is 110 cm³/mol. The van der Waals surface area contributed by atoms with Crippen molar-refractivity contribution in [3.8, 4) is 0 Å². The molecule has 26 heavy (non-hydrogen) atoms. The summed E-state index contributed by atoms with van der Waals surface area (Å²) in [7, 11) is 0. The van der Waals surface area contributed by atoms with Crippen LogP contribution in [0.4, 0.5) is 5.13 Å². The molecule has 0 fully saturated rings. The Morgan fingerprint density at radius 1 is 1.15 bits per heavy atom. The van der Waals surface area contributed by atoms with Crippen LogP contribution in [0.5, 0.6) is 0 Å². The van der Waals surface area contributed by atoms with E-state index in [1.165, 1.54) is 38.4 Å². The second kappa shape index (κ2) is 9.16. The number of carbonyl (C=O) groups is 1. The van der Waals surface area contributed by atoms with Crippen molar-refractivity contribution in [2.24, 2.45) is 0 Å². The third-order valence-corrected chi connectivity index (χ3v) is 6.61. The van der Waals surface area contributed by atoms with Crippen molar-refractivity contribution in [1.29, 1.82) is 0 Å². The molecule has 8 heteroatoms. The lowest BCUT2D eigenvalue weighted by Crippen LogP contribution is -2.33. The molecule has 0 saturated heterocycles. The molecule has 0 aliphatic carbocycles. The summed E-state index contributed by atoms with van der Waals surface area (Å²) in [5, 5.41) is 8.18. The summed E-state index contributed by atoms with van der Waals surface area (Å²) in [5.74, 6) is 0.444. The van der Waals surface area contributed by atoms with Crippen LogP contribution in [-0.4, -0.2) is 33.3 Å². The van der Waals surface area contributed by atoms with Gasteiger partial charge >= 0.3 is 0 Å². The maximum Gasteiger partial charge on any atom is 0.233 e. The molecule has 1 aromatic carbocycles. The molecule has 0 aliphatic rings. The van der Waals surface area contributed by atoms with Gasteiger partial charge in [0.25, 0.3) is 0 Å². The molecule has 2 aromatic heterocycles. The zero-order valence-corrected chi connectivity index (χ0v) is 16.9. The number of anilines is 1. The van der Waals surface area contributed by atoms with Crippen molar-refractivity contribution >= 4 is 45.5 Å². The largest absolute Gasteiger partial charge is 0.374 e. The quantitative estimate of drug-likeness (QED) is 0.577. The van der Waals surface area contributed by atoms with E-state index >= 15 is 0 Å². The number of thioether (sulfide) groups is 1. The Kier molecular flexibility index (Phi) is 6.65. The fourth-order valence-corrected chi connectivity index (χ4v) is 4.90. The van der Waals surface area contributed by atoms with Crippen molar-refractivity contribution < 1.29 is 4.79 Å². The zero-order valence-electron chi connectivity index (χ0n) is 14.4. The number of nitrogens with zero attached hydrogens (tertiary/aromatic N) is 3. The van der Waals surface area contributed by atoms with Crippen LogP contribution in [0.15, 0.2) is 46.8 Å². The number of thiophene rings is 1. The SMILES string of the molecule is Cc1ccc(CN(CCc2ccccc2)C(=O)CSc2nnc(N)s2)s1. The van der Waals surface area contributed by atoms with E-state index in [9.17, 15) is 4.79 Å². The van der Waals surface area contributed by atoms with Crippen molar-refractivity contribution in [2.75, 3.05) is 18.0 Å². The normalized spacial score (nSPS) is 10.8. The molecule has 136 valence electrons. The molecular weight excluding hydrogens is 384 g/mol. The predicted octanol–water partition coefficient (Wildman–Crippen LogP) is 3.85. The van der Waals surface area contributed by atoms with E-state index in [4.69, 9.17) is 5.73 Å². The van der Waals surface area contributed by atoms with Gasteiger partial charge in [0, 0.05) is 16.3 Å². The van der Waals surface area contributed by atoms with Crippen molar-refractivity contribution in [2.45, 2.75) is 24.2 Å². The molecule has 2 N–H and O–H groups in total. The van der Waals surface area contributed by atoms with Gasteiger partial charge < -0.3 is 10.6 Å². The molecule has 3 rings (SSSR count). The number of aromatic nitrogens is 2. The van der Waals surface area contributed by atoms with Gasteiger partial charge in [-0.05, 0) is 31.0 Å². The van der Waals surface area contributed by atoms with Gasteiger partial charge in [0.2, 0.25) is 11.0 Å². The van der Waals surface area contributed by atoms with Crippen molar-refractivity contribution in [3.63, 3.8) is 0 Å². The molecule has 0 spiro atoms. The maximum absolute atomic E-state index is 12.8. The number of benzene rings is 1. The summed E-state index contributed by atoms with van der Waals surface area (Å²) in [4.78, 5) is 17.2. The molecule has 0 radical (unpaired) electrons. The Morgan fingerprint density at radius 2 is 1.96 bits per heavy atom. The third-order valence-electron chi connectivity index (χ3n) is 3.75. The number of rotatable bonds is 8. The van der Waals surface area contributed by atoms with Gasteiger partial charge in [-0.25, -0.2) is 0 Å². The van der Waals surface area contributed by atoms with Crippen molar-refractivity contribution in [3.05, 3.63) is 57.8 Å². The minimum Gasteiger partial charge on any atom is -0.374 e. The highest BCUT2D eigenvalue weighted by molar-refractivity contribution is 8.01. The first-order valence-electron chi connectivity index (χ1n) is 8.19. The van der Waals surface area contributed by atoms with Gasteiger partial charge in [-0.2, -0.15) is 0 Å². The van der Waals surface area contributed by atoms with Gasteiger partial charge in [-0.15, -0.1) is 21.5 Å². The summed E-state index contributed by atoms with van der Waals surface area (Å²) >= 11 is 4.44. The van der Waals surface area contributed by atoms with Gasteiger partial charge in [-0.1, -0.05) is 53.4 Å². The number of nitrogens with two attached hydrogens (primary N) is 1. The summed E-state index contributed by atoms with van der Waals surface area (Å²) < 4.78 is 0.728. The van der Waals surface area contributed by atoms with E-state index < -0.39 is 0 Å². The van der Waals surface area contributed by atoms with Crippen LogP contribution in [0.25, 0.3) is 0 Å². The van der Waals surface area contributed by atoms with Crippen LogP contribution in [0.2, 0.25) is 0 Å². The first-order chi connectivity index (χ1) is 12.6. The lowest BCUT2D eigenvalue weighted by molar-refractivity contribution is -0.128. The molecule has 0 atom stereocenters. The standard InChI is InChI=1S/C18H20N4OS3/c1-13-7-8-15(25-13)11-22(10-9-14-5-3-2-4-6-14)16(23)12-24-18-21-20-17(19)26-18/h2-8H,9-12H2,1H3,(H2,19,20). The summed E-state index contributed by atoms with van der Waals surface area (Å²) in [5.41, 5.74) is 6.83. The Balaban J connectivity index is 1.63. The Hall–Kier alpha value is -1.90. The first kappa shape index (κ1) is 18.9. The highest BCUT2D eigenvalue weighted by Gasteiger charge is 2.16. The highest BCUT2D eigenvalue weighted by Crippen LogP contribution is 2.24. The number of nitrogen functional groups attached to an aromatic ring is 1.